The molecule has 0 saturated heterocycles. The van der Waals surface area contributed by atoms with Crippen molar-refractivity contribution >= 4 is 27.5 Å². The van der Waals surface area contributed by atoms with E-state index in [1.807, 2.05) is 30.3 Å². The normalized spacial score (nSPS) is 14.7. The minimum atomic E-state index is -4.12. The third-order valence-electron chi connectivity index (χ3n) is 7.29. The maximum Gasteiger partial charge on any atom is 0.264 e. The number of methoxy groups -OCH3 is 1. The first-order chi connectivity index (χ1) is 19.3. The van der Waals surface area contributed by atoms with Crippen molar-refractivity contribution in [1.29, 1.82) is 0 Å². The van der Waals surface area contributed by atoms with E-state index in [4.69, 9.17) is 4.74 Å². The van der Waals surface area contributed by atoms with Gasteiger partial charge < -0.3 is 15.0 Å². The van der Waals surface area contributed by atoms with Gasteiger partial charge in [0, 0.05) is 12.6 Å². The van der Waals surface area contributed by atoms with Crippen molar-refractivity contribution in [2.75, 3.05) is 18.0 Å². The number of hydrogen-bond acceptors (Lipinski definition) is 5. The molecule has 0 radical (unpaired) electrons. The molecule has 212 valence electrons. The highest BCUT2D eigenvalue weighted by Gasteiger charge is 2.33. The molecule has 1 unspecified atom stereocenters. The van der Waals surface area contributed by atoms with E-state index in [1.165, 1.54) is 30.6 Å². The lowest BCUT2D eigenvalue weighted by Gasteiger charge is -2.33. The second-order valence-electron chi connectivity index (χ2n) is 10.0. The molecule has 4 rings (SSSR count). The van der Waals surface area contributed by atoms with Gasteiger partial charge in [-0.1, -0.05) is 67.8 Å². The van der Waals surface area contributed by atoms with Crippen LogP contribution in [0.2, 0.25) is 0 Å². The Morgan fingerprint density at radius 1 is 0.900 bits per heavy atom. The molecule has 0 heterocycles. The predicted molar refractivity (Wildman–Crippen MR) is 155 cm³/mol. The summed E-state index contributed by atoms with van der Waals surface area (Å²) in [6.07, 6.45) is 5.15. The molecule has 1 aliphatic carbocycles. The summed E-state index contributed by atoms with van der Waals surface area (Å²) in [5.41, 5.74) is 1.20. The summed E-state index contributed by atoms with van der Waals surface area (Å²) < 4.78 is 34.0. The van der Waals surface area contributed by atoms with Crippen LogP contribution in [0.15, 0.2) is 89.8 Å². The average Bonchev–Trinajstić information content (AvgIpc) is 2.99. The Bertz CT molecular complexity index is 1360. The van der Waals surface area contributed by atoms with Gasteiger partial charge >= 0.3 is 0 Å². The number of benzene rings is 3. The number of ether oxygens (including phenoxy) is 1. The number of amides is 2. The molecule has 1 saturated carbocycles. The molecular weight excluding hydrogens is 526 g/mol. The quantitative estimate of drug-likeness (QED) is 0.363. The lowest BCUT2D eigenvalue weighted by Crippen LogP contribution is -2.53. The van der Waals surface area contributed by atoms with Crippen molar-refractivity contribution in [3.63, 3.8) is 0 Å². The topological polar surface area (TPSA) is 96.0 Å². The number of sulfonamides is 1. The SMILES string of the molecule is COc1ccc(S(=O)(=O)N(CC(=O)N(Cc2ccccc2)C(C)C(=O)NC2CCCCC2)c2ccccc2)cc1. The van der Waals surface area contributed by atoms with Crippen molar-refractivity contribution in [2.24, 2.45) is 0 Å². The number of nitrogens with one attached hydrogen (secondary N) is 1. The molecule has 0 bridgehead atoms. The molecular formula is C31H37N3O5S. The minimum absolute atomic E-state index is 0.0302. The van der Waals surface area contributed by atoms with Crippen LogP contribution in [0.1, 0.15) is 44.6 Å². The standard InChI is InChI=1S/C31H37N3O5S/c1-24(31(36)32-26-14-8-4-9-15-26)33(22-25-12-6-3-7-13-25)30(35)23-34(27-16-10-5-11-17-27)40(37,38)29-20-18-28(39-2)19-21-29/h3,5-7,10-13,16-21,24,26H,4,8-9,14-15,22-23H2,1-2H3,(H,32,36). The summed E-state index contributed by atoms with van der Waals surface area (Å²) in [4.78, 5) is 28.8. The zero-order valence-electron chi connectivity index (χ0n) is 23.0. The average molecular weight is 564 g/mol. The fourth-order valence-electron chi connectivity index (χ4n) is 4.93. The summed E-state index contributed by atoms with van der Waals surface area (Å²) in [7, 11) is -2.61. The van der Waals surface area contributed by atoms with Crippen LogP contribution in [-0.4, -0.2) is 50.9 Å². The Hall–Kier alpha value is -3.85. The van der Waals surface area contributed by atoms with E-state index < -0.39 is 28.5 Å². The minimum Gasteiger partial charge on any atom is -0.497 e. The van der Waals surface area contributed by atoms with Crippen LogP contribution in [0.3, 0.4) is 0 Å². The van der Waals surface area contributed by atoms with Gasteiger partial charge in [0.05, 0.1) is 17.7 Å². The van der Waals surface area contributed by atoms with Crippen LogP contribution in [0, 0.1) is 0 Å². The summed E-state index contributed by atoms with van der Waals surface area (Å²) in [5.74, 6) is -0.190. The van der Waals surface area contributed by atoms with Crippen LogP contribution in [0.25, 0.3) is 0 Å². The highest BCUT2D eigenvalue weighted by molar-refractivity contribution is 7.92. The highest BCUT2D eigenvalue weighted by atomic mass is 32.2. The Morgan fingerprint density at radius 2 is 1.50 bits per heavy atom. The fourth-order valence-corrected chi connectivity index (χ4v) is 6.34. The molecule has 2 amide bonds. The highest BCUT2D eigenvalue weighted by Crippen LogP contribution is 2.26. The van der Waals surface area contributed by atoms with E-state index in [0.29, 0.717) is 11.4 Å². The molecule has 0 aromatic heterocycles. The fraction of sp³-hybridized carbons (Fsp3) is 0.355. The molecule has 3 aromatic rings. The molecule has 40 heavy (non-hydrogen) atoms. The maximum absolute atomic E-state index is 14.0. The summed E-state index contributed by atoms with van der Waals surface area (Å²) in [6, 6.07) is 23.2. The van der Waals surface area contributed by atoms with Gasteiger partial charge in [0.2, 0.25) is 11.8 Å². The molecule has 1 atom stereocenters. The van der Waals surface area contributed by atoms with Crippen LogP contribution >= 0.6 is 0 Å². The van der Waals surface area contributed by atoms with E-state index in [1.54, 1.807) is 49.4 Å². The first-order valence-corrected chi connectivity index (χ1v) is 15.1. The summed E-state index contributed by atoms with van der Waals surface area (Å²) in [5, 5.41) is 3.12. The lowest BCUT2D eigenvalue weighted by atomic mass is 9.95. The van der Waals surface area contributed by atoms with E-state index in [9.17, 15) is 18.0 Å². The maximum atomic E-state index is 14.0. The second kappa shape index (κ2) is 13.5. The van der Waals surface area contributed by atoms with Crippen LogP contribution in [-0.2, 0) is 26.2 Å². The Balaban J connectivity index is 1.64. The van der Waals surface area contributed by atoms with Crippen LogP contribution in [0.4, 0.5) is 5.69 Å². The molecule has 9 heteroatoms. The number of rotatable bonds is 11. The van der Waals surface area contributed by atoms with Gasteiger partial charge in [0.1, 0.15) is 18.3 Å². The van der Waals surface area contributed by atoms with Gasteiger partial charge in [-0.25, -0.2) is 8.42 Å². The number of carbonyl (C=O) groups excluding carboxylic acids is 2. The Kier molecular flexibility index (Phi) is 9.82. The van der Waals surface area contributed by atoms with Gasteiger partial charge in [-0.05, 0) is 61.7 Å². The molecule has 0 aliphatic heterocycles. The third-order valence-corrected chi connectivity index (χ3v) is 9.07. The molecule has 1 fully saturated rings. The van der Waals surface area contributed by atoms with Gasteiger partial charge in [-0.15, -0.1) is 0 Å². The van der Waals surface area contributed by atoms with E-state index in [-0.39, 0.29) is 23.4 Å². The van der Waals surface area contributed by atoms with Gasteiger partial charge in [-0.3, -0.25) is 13.9 Å². The van der Waals surface area contributed by atoms with E-state index in [2.05, 4.69) is 5.32 Å². The zero-order valence-corrected chi connectivity index (χ0v) is 23.8. The monoisotopic (exact) mass is 563 g/mol. The van der Waals surface area contributed by atoms with Gasteiger partial charge in [0.15, 0.2) is 0 Å². The predicted octanol–water partition coefficient (Wildman–Crippen LogP) is 4.76. The molecule has 0 spiro atoms. The summed E-state index contributed by atoms with van der Waals surface area (Å²) in [6.45, 7) is 1.40. The third kappa shape index (κ3) is 7.21. The Labute approximate surface area is 237 Å². The zero-order chi connectivity index (χ0) is 28.5. The van der Waals surface area contributed by atoms with E-state index in [0.717, 1.165) is 35.6 Å². The van der Waals surface area contributed by atoms with Gasteiger partial charge in [0.25, 0.3) is 10.0 Å². The van der Waals surface area contributed by atoms with Crippen molar-refractivity contribution < 1.29 is 22.7 Å². The van der Waals surface area contributed by atoms with Crippen LogP contribution in [0.5, 0.6) is 5.75 Å². The lowest BCUT2D eigenvalue weighted by molar-refractivity contribution is -0.139. The summed E-state index contributed by atoms with van der Waals surface area (Å²) >= 11 is 0. The molecule has 1 N–H and O–H groups in total. The molecule has 8 nitrogen and oxygen atoms in total. The number of carbonyl (C=O) groups is 2. The molecule has 3 aromatic carbocycles. The van der Waals surface area contributed by atoms with Crippen molar-refractivity contribution in [3.05, 3.63) is 90.5 Å². The molecule has 1 aliphatic rings. The number of para-hydroxylation sites is 1. The number of anilines is 1. The first-order valence-electron chi connectivity index (χ1n) is 13.6. The van der Waals surface area contributed by atoms with Crippen molar-refractivity contribution in [1.82, 2.24) is 10.2 Å². The van der Waals surface area contributed by atoms with E-state index >= 15 is 0 Å². The number of nitrogens with zero attached hydrogens (tertiary/aromatic N) is 2. The smallest absolute Gasteiger partial charge is 0.264 e. The van der Waals surface area contributed by atoms with Gasteiger partial charge in [-0.2, -0.15) is 0 Å². The largest absolute Gasteiger partial charge is 0.497 e. The Morgan fingerprint density at radius 3 is 2.10 bits per heavy atom. The van der Waals surface area contributed by atoms with Crippen molar-refractivity contribution in [3.8, 4) is 5.75 Å². The van der Waals surface area contributed by atoms with Crippen LogP contribution < -0.4 is 14.4 Å². The van der Waals surface area contributed by atoms with Crippen molar-refractivity contribution in [2.45, 2.75) is 62.6 Å². The second-order valence-corrected chi connectivity index (χ2v) is 11.9. The number of hydrogen-bond donors (Lipinski definition) is 1. The first kappa shape index (κ1) is 29.1.